The van der Waals surface area contributed by atoms with E-state index in [2.05, 4.69) is 50.8 Å². The van der Waals surface area contributed by atoms with Crippen molar-refractivity contribution in [3.63, 3.8) is 0 Å². The molecule has 45 heavy (non-hydrogen) atoms. The van der Waals surface area contributed by atoms with Crippen molar-refractivity contribution in [3.05, 3.63) is 29.6 Å². The zero-order chi connectivity index (χ0) is 32.7. The Morgan fingerprint density at radius 3 is 2.51 bits per heavy atom. The van der Waals surface area contributed by atoms with Crippen LogP contribution in [0.25, 0.3) is 0 Å². The van der Waals surface area contributed by atoms with E-state index in [9.17, 15) is 9.18 Å². The van der Waals surface area contributed by atoms with Crippen molar-refractivity contribution in [1.82, 2.24) is 29.9 Å². The molecule has 1 aromatic carbocycles. The number of amides is 1. The van der Waals surface area contributed by atoms with Crippen LogP contribution in [0.4, 0.5) is 10.2 Å². The first-order valence-electron chi connectivity index (χ1n) is 16.2. The van der Waals surface area contributed by atoms with Crippen LogP contribution in [0, 0.1) is 17.2 Å². The molecule has 1 amide bonds. The number of anilines is 1. The lowest BCUT2D eigenvalue weighted by Crippen LogP contribution is -2.62. The van der Waals surface area contributed by atoms with Crippen molar-refractivity contribution in [2.75, 3.05) is 78.6 Å². The van der Waals surface area contributed by atoms with Crippen molar-refractivity contribution in [2.45, 2.75) is 66.0 Å². The molecule has 1 atom stereocenters. The molecule has 12 heteroatoms. The maximum Gasteiger partial charge on any atom is 0.337 e. The molecule has 3 heterocycles. The van der Waals surface area contributed by atoms with E-state index in [0.29, 0.717) is 24.3 Å². The Morgan fingerprint density at radius 1 is 1.11 bits per heavy atom. The van der Waals surface area contributed by atoms with Crippen LogP contribution in [0.5, 0.6) is 17.6 Å². The number of nitrogens with zero attached hydrogens (tertiary/aromatic N) is 7. The van der Waals surface area contributed by atoms with Crippen LogP contribution >= 0.6 is 0 Å². The molecule has 1 unspecified atom stereocenters. The summed E-state index contributed by atoms with van der Waals surface area (Å²) in [5.41, 5.74) is 0.291. The van der Waals surface area contributed by atoms with Crippen molar-refractivity contribution < 1.29 is 23.4 Å². The quantitative estimate of drug-likeness (QED) is 0.263. The minimum Gasteiger partial charge on any atom is -0.466 e. The fraction of sp³-hybridized carbons (Fsp3) is 0.697. The molecule has 4 rings (SSSR count). The van der Waals surface area contributed by atoms with Gasteiger partial charge in [0, 0.05) is 63.9 Å². The minimum absolute atomic E-state index is 0.0583. The summed E-state index contributed by atoms with van der Waals surface area (Å²) in [6.45, 7) is 17.3. The van der Waals surface area contributed by atoms with Crippen molar-refractivity contribution in [3.8, 4) is 17.6 Å². The standard InChI is InChI=1S/C33H52FN7O4/c1-9-41(24(4)5)31(42)26-19-25(34)12-13-28(26)45-30-29(35-32(44-8)37-36-30)39-16-14-33(20-39)21-40(22-33)27(23(2)3)11-10-15-38(6)17-18-43-7/h12-13,19,23-24,27H,9-11,14-18,20-22H2,1-8H3. The molecule has 2 aliphatic heterocycles. The van der Waals surface area contributed by atoms with E-state index in [0.717, 1.165) is 58.7 Å². The van der Waals surface area contributed by atoms with Gasteiger partial charge in [0.15, 0.2) is 5.82 Å². The molecule has 2 saturated heterocycles. The number of carbonyl (C=O) groups is 1. The number of halogens is 1. The Labute approximate surface area is 268 Å². The summed E-state index contributed by atoms with van der Waals surface area (Å²) in [7, 11) is 5.40. The van der Waals surface area contributed by atoms with E-state index in [1.54, 1.807) is 12.0 Å². The molecule has 11 nitrogen and oxygen atoms in total. The smallest absolute Gasteiger partial charge is 0.337 e. The Hall–Kier alpha value is -3.09. The zero-order valence-corrected chi connectivity index (χ0v) is 28.4. The summed E-state index contributed by atoms with van der Waals surface area (Å²) in [6, 6.07) is 4.57. The maximum absolute atomic E-state index is 14.4. The van der Waals surface area contributed by atoms with Gasteiger partial charge in [0.1, 0.15) is 11.6 Å². The van der Waals surface area contributed by atoms with Crippen LogP contribution in [0.15, 0.2) is 18.2 Å². The van der Waals surface area contributed by atoms with Crippen molar-refractivity contribution in [2.24, 2.45) is 11.3 Å². The summed E-state index contributed by atoms with van der Waals surface area (Å²) in [5.74, 6) is 0.629. The van der Waals surface area contributed by atoms with Crippen LogP contribution in [-0.4, -0.2) is 122 Å². The number of aromatic nitrogens is 3. The highest BCUT2D eigenvalue weighted by molar-refractivity contribution is 5.97. The largest absolute Gasteiger partial charge is 0.466 e. The number of hydrogen-bond acceptors (Lipinski definition) is 10. The predicted octanol–water partition coefficient (Wildman–Crippen LogP) is 4.58. The number of likely N-dealkylation sites (tertiary alicyclic amines) is 1. The molecule has 0 bridgehead atoms. The molecular weight excluding hydrogens is 577 g/mol. The van der Waals surface area contributed by atoms with E-state index in [-0.39, 0.29) is 40.6 Å². The van der Waals surface area contributed by atoms with Gasteiger partial charge in [-0.05, 0) is 77.7 Å². The highest BCUT2D eigenvalue weighted by Crippen LogP contribution is 2.45. The monoisotopic (exact) mass is 629 g/mol. The van der Waals surface area contributed by atoms with Gasteiger partial charge in [0.2, 0.25) is 0 Å². The third kappa shape index (κ3) is 8.39. The van der Waals surface area contributed by atoms with Crippen molar-refractivity contribution >= 4 is 11.7 Å². The predicted molar refractivity (Wildman–Crippen MR) is 173 cm³/mol. The topological polar surface area (TPSA) is 96.4 Å². The maximum atomic E-state index is 14.4. The number of likely N-dealkylation sites (N-methyl/N-ethyl adjacent to an activating group) is 1. The third-order valence-corrected chi connectivity index (χ3v) is 9.18. The first-order valence-corrected chi connectivity index (χ1v) is 16.2. The molecule has 1 spiro atoms. The van der Waals surface area contributed by atoms with Crippen LogP contribution in [0.1, 0.15) is 64.2 Å². The Bertz CT molecular complexity index is 1270. The molecule has 2 aliphatic rings. The van der Waals surface area contributed by atoms with Gasteiger partial charge < -0.3 is 28.9 Å². The third-order valence-electron chi connectivity index (χ3n) is 9.18. The van der Waals surface area contributed by atoms with Crippen LogP contribution in [-0.2, 0) is 4.74 Å². The van der Waals surface area contributed by atoms with Gasteiger partial charge in [0.05, 0.1) is 19.3 Å². The normalized spacial score (nSPS) is 16.9. The molecule has 0 N–H and O–H groups in total. The summed E-state index contributed by atoms with van der Waals surface area (Å²) < 4.78 is 31.1. The Balaban J connectivity index is 1.47. The molecule has 2 aromatic rings. The molecule has 0 aliphatic carbocycles. The molecular formula is C33H52FN7O4. The summed E-state index contributed by atoms with van der Waals surface area (Å²) in [6.07, 6.45) is 3.36. The summed E-state index contributed by atoms with van der Waals surface area (Å²) >= 11 is 0. The van der Waals surface area contributed by atoms with E-state index in [4.69, 9.17) is 14.2 Å². The number of methoxy groups -OCH3 is 2. The molecule has 0 saturated carbocycles. The fourth-order valence-electron chi connectivity index (χ4n) is 6.70. The fourth-order valence-corrected chi connectivity index (χ4v) is 6.70. The minimum atomic E-state index is -0.515. The second-order valence-electron chi connectivity index (χ2n) is 13.2. The van der Waals surface area contributed by atoms with E-state index < -0.39 is 5.82 Å². The number of hydrogen-bond donors (Lipinski definition) is 0. The van der Waals surface area contributed by atoms with Gasteiger partial charge in [0.25, 0.3) is 11.8 Å². The van der Waals surface area contributed by atoms with Gasteiger partial charge in [-0.2, -0.15) is 4.98 Å². The highest BCUT2D eigenvalue weighted by atomic mass is 19.1. The average Bonchev–Trinajstić information content (AvgIpc) is 3.44. The Kier molecular flexibility index (Phi) is 12.0. The number of benzene rings is 1. The van der Waals surface area contributed by atoms with Gasteiger partial charge in [-0.25, -0.2) is 4.39 Å². The SMILES string of the molecule is CCN(C(=O)c1cc(F)ccc1Oc1nnc(OC)nc1N1CCC2(C1)CN(C(CCCN(C)CCOC)C(C)C)C2)C(C)C. The average molecular weight is 630 g/mol. The second kappa shape index (κ2) is 15.5. The van der Waals surface area contributed by atoms with Gasteiger partial charge >= 0.3 is 6.01 Å². The number of rotatable bonds is 16. The Morgan fingerprint density at radius 2 is 1.87 bits per heavy atom. The molecule has 250 valence electrons. The zero-order valence-electron chi connectivity index (χ0n) is 28.4. The van der Waals surface area contributed by atoms with Gasteiger partial charge in [-0.1, -0.05) is 18.9 Å². The first kappa shape index (κ1) is 34.8. The van der Waals surface area contributed by atoms with E-state index in [1.807, 2.05) is 20.8 Å². The lowest BCUT2D eigenvalue weighted by Gasteiger charge is -2.53. The lowest BCUT2D eigenvalue weighted by atomic mass is 9.76. The van der Waals surface area contributed by atoms with Crippen LogP contribution < -0.4 is 14.4 Å². The summed E-state index contributed by atoms with van der Waals surface area (Å²) in [5, 5.41) is 8.35. The van der Waals surface area contributed by atoms with Gasteiger partial charge in [-0.15, -0.1) is 5.10 Å². The van der Waals surface area contributed by atoms with Crippen molar-refractivity contribution in [1.29, 1.82) is 0 Å². The highest BCUT2D eigenvalue weighted by Gasteiger charge is 2.50. The summed E-state index contributed by atoms with van der Waals surface area (Å²) in [4.78, 5) is 26.9. The first-order chi connectivity index (χ1) is 21.5. The molecule has 0 radical (unpaired) electrons. The molecule has 2 fully saturated rings. The van der Waals surface area contributed by atoms with Crippen LogP contribution in [0.3, 0.4) is 0 Å². The van der Waals surface area contributed by atoms with E-state index in [1.165, 1.54) is 31.7 Å². The van der Waals surface area contributed by atoms with Gasteiger partial charge in [-0.3, -0.25) is 9.69 Å². The number of carbonyl (C=O) groups excluding carboxylic acids is 1. The number of ether oxygens (including phenoxy) is 3. The van der Waals surface area contributed by atoms with Crippen LogP contribution in [0.2, 0.25) is 0 Å². The van der Waals surface area contributed by atoms with E-state index >= 15 is 0 Å². The lowest BCUT2D eigenvalue weighted by molar-refractivity contribution is -0.0345. The molecule has 1 aromatic heterocycles. The second-order valence-corrected chi connectivity index (χ2v) is 13.2.